The van der Waals surface area contributed by atoms with Gasteiger partial charge in [0.1, 0.15) is 25.3 Å². The number of hydrogen-bond donors (Lipinski definition) is 3. The minimum absolute atomic E-state index is 0.0285. The number of hydrogen-bond acceptors (Lipinski definition) is 7. The van der Waals surface area contributed by atoms with Gasteiger partial charge in [0, 0.05) is 18.0 Å². The SMILES string of the molecule is Cc1ccc(NC(=O)[C@@H]2C[C@@H](OC(=O)CNC(=O)CN)CN2C(=O)OCC2c3ccccc3-c3ccccc32)cc1. The number of carbonyl (C=O) groups excluding carboxylic acids is 4. The standard InChI is InChI=1S/C31H32N4O6/c1-19-10-12-20(13-11-19)34-30(38)27-14-21(41-29(37)16-33-28(36)15-32)17-35(27)31(39)40-18-26-24-8-4-2-6-22(24)23-7-3-5-9-25(23)26/h2-13,21,26-27H,14-18,32H2,1H3,(H,33,36)(H,34,38)/t21-,27+/m1/s1. The molecule has 0 spiro atoms. The summed E-state index contributed by atoms with van der Waals surface area (Å²) in [5.74, 6) is -1.75. The van der Waals surface area contributed by atoms with Crippen LogP contribution in [0.2, 0.25) is 0 Å². The number of ether oxygens (including phenoxy) is 2. The van der Waals surface area contributed by atoms with E-state index < -0.39 is 36.0 Å². The molecule has 1 fully saturated rings. The van der Waals surface area contributed by atoms with Crippen molar-refractivity contribution in [3.63, 3.8) is 0 Å². The van der Waals surface area contributed by atoms with E-state index in [0.29, 0.717) is 5.69 Å². The van der Waals surface area contributed by atoms with Gasteiger partial charge < -0.3 is 25.8 Å². The van der Waals surface area contributed by atoms with Crippen LogP contribution in [0.25, 0.3) is 11.1 Å². The van der Waals surface area contributed by atoms with E-state index in [2.05, 4.69) is 22.8 Å². The van der Waals surface area contributed by atoms with Gasteiger partial charge in [-0.15, -0.1) is 0 Å². The Morgan fingerprint density at radius 2 is 1.56 bits per heavy atom. The van der Waals surface area contributed by atoms with Crippen molar-refractivity contribution in [3.05, 3.63) is 89.5 Å². The van der Waals surface area contributed by atoms with Gasteiger partial charge in [-0.25, -0.2) is 4.79 Å². The number of carbonyl (C=O) groups is 4. The zero-order valence-corrected chi connectivity index (χ0v) is 22.7. The summed E-state index contributed by atoms with van der Waals surface area (Å²) in [5.41, 5.74) is 11.2. The highest BCUT2D eigenvalue weighted by Gasteiger charge is 2.43. The number of fused-ring (bicyclic) bond motifs is 3. The second-order valence-electron chi connectivity index (χ2n) is 10.2. The molecular formula is C31H32N4O6. The maximum absolute atomic E-state index is 13.4. The normalized spacial score (nSPS) is 17.4. The van der Waals surface area contributed by atoms with Gasteiger partial charge in [0.05, 0.1) is 13.1 Å². The first-order valence-corrected chi connectivity index (χ1v) is 13.5. The maximum Gasteiger partial charge on any atom is 0.410 e. The smallest absolute Gasteiger partial charge is 0.410 e. The minimum Gasteiger partial charge on any atom is -0.459 e. The Hall–Kier alpha value is -4.70. The first-order valence-electron chi connectivity index (χ1n) is 13.5. The number of nitrogens with zero attached hydrogens (tertiary/aromatic N) is 1. The molecule has 0 radical (unpaired) electrons. The van der Waals surface area contributed by atoms with Crippen molar-refractivity contribution in [2.75, 3.05) is 31.6 Å². The molecule has 0 bridgehead atoms. The van der Waals surface area contributed by atoms with Gasteiger partial charge in [0.25, 0.3) is 0 Å². The predicted molar refractivity (Wildman–Crippen MR) is 152 cm³/mol. The number of anilines is 1. The molecule has 41 heavy (non-hydrogen) atoms. The predicted octanol–water partition coefficient (Wildman–Crippen LogP) is 2.94. The molecule has 2 atom stereocenters. The lowest BCUT2D eigenvalue weighted by molar-refractivity contribution is -0.148. The summed E-state index contributed by atoms with van der Waals surface area (Å²) in [4.78, 5) is 51.8. The van der Waals surface area contributed by atoms with Crippen LogP contribution in [0.15, 0.2) is 72.8 Å². The third-order valence-corrected chi connectivity index (χ3v) is 7.37. The molecule has 0 unspecified atom stereocenters. The molecule has 10 heteroatoms. The quantitative estimate of drug-likeness (QED) is 0.363. The first-order chi connectivity index (χ1) is 19.8. The summed E-state index contributed by atoms with van der Waals surface area (Å²) < 4.78 is 11.3. The molecule has 2 aliphatic rings. The molecule has 1 aliphatic heterocycles. The molecular weight excluding hydrogens is 524 g/mol. The Balaban J connectivity index is 1.29. The fourth-order valence-corrected chi connectivity index (χ4v) is 5.34. The van der Waals surface area contributed by atoms with Crippen molar-refractivity contribution < 1.29 is 28.7 Å². The summed E-state index contributed by atoms with van der Waals surface area (Å²) in [6.45, 7) is 1.38. The zero-order chi connectivity index (χ0) is 28.9. The van der Waals surface area contributed by atoms with E-state index in [4.69, 9.17) is 15.2 Å². The number of amides is 3. The van der Waals surface area contributed by atoms with Crippen LogP contribution in [0, 0.1) is 6.92 Å². The van der Waals surface area contributed by atoms with Crippen LogP contribution in [0.3, 0.4) is 0 Å². The van der Waals surface area contributed by atoms with Gasteiger partial charge in [-0.2, -0.15) is 0 Å². The summed E-state index contributed by atoms with van der Waals surface area (Å²) >= 11 is 0. The van der Waals surface area contributed by atoms with Gasteiger partial charge in [-0.05, 0) is 41.3 Å². The first kappa shape index (κ1) is 27.9. The van der Waals surface area contributed by atoms with E-state index in [1.807, 2.05) is 55.5 Å². The van der Waals surface area contributed by atoms with Crippen LogP contribution >= 0.6 is 0 Å². The highest BCUT2D eigenvalue weighted by Crippen LogP contribution is 2.44. The fourth-order valence-electron chi connectivity index (χ4n) is 5.34. The van der Waals surface area contributed by atoms with E-state index in [0.717, 1.165) is 27.8 Å². The minimum atomic E-state index is -0.927. The molecule has 3 amide bonds. The van der Waals surface area contributed by atoms with E-state index in [-0.39, 0.29) is 38.6 Å². The van der Waals surface area contributed by atoms with Crippen LogP contribution in [0.4, 0.5) is 10.5 Å². The Labute approximate surface area is 237 Å². The van der Waals surface area contributed by atoms with E-state index in [1.54, 1.807) is 12.1 Å². The molecule has 0 aromatic heterocycles. The number of nitrogens with two attached hydrogens (primary N) is 1. The highest BCUT2D eigenvalue weighted by atomic mass is 16.6. The van der Waals surface area contributed by atoms with Crippen molar-refractivity contribution in [2.24, 2.45) is 5.73 Å². The van der Waals surface area contributed by atoms with E-state index in [1.165, 1.54) is 4.90 Å². The molecule has 10 nitrogen and oxygen atoms in total. The third-order valence-electron chi connectivity index (χ3n) is 7.37. The topological polar surface area (TPSA) is 140 Å². The lowest BCUT2D eigenvalue weighted by Crippen LogP contribution is -2.43. The summed E-state index contributed by atoms with van der Waals surface area (Å²) in [6.07, 6.45) is -1.35. The second kappa shape index (κ2) is 12.2. The van der Waals surface area contributed by atoms with Gasteiger partial charge >= 0.3 is 12.1 Å². The van der Waals surface area contributed by atoms with Gasteiger partial charge in [0.15, 0.2) is 0 Å². The Morgan fingerprint density at radius 1 is 0.927 bits per heavy atom. The summed E-state index contributed by atoms with van der Waals surface area (Å²) in [6, 6.07) is 22.4. The lowest BCUT2D eigenvalue weighted by atomic mass is 9.98. The van der Waals surface area contributed by atoms with Crippen LogP contribution in [-0.4, -0.2) is 67.2 Å². The highest BCUT2D eigenvalue weighted by molar-refractivity contribution is 5.97. The van der Waals surface area contributed by atoms with Crippen molar-refractivity contribution in [1.29, 1.82) is 0 Å². The molecule has 1 saturated heterocycles. The molecule has 0 saturated carbocycles. The van der Waals surface area contributed by atoms with Gasteiger partial charge in [-0.1, -0.05) is 66.2 Å². The van der Waals surface area contributed by atoms with Crippen molar-refractivity contribution in [1.82, 2.24) is 10.2 Å². The van der Waals surface area contributed by atoms with Gasteiger partial charge in [-0.3, -0.25) is 19.3 Å². The monoisotopic (exact) mass is 556 g/mol. The zero-order valence-electron chi connectivity index (χ0n) is 22.7. The number of benzene rings is 3. The van der Waals surface area contributed by atoms with Crippen LogP contribution in [-0.2, 0) is 23.9 Å². The molecule has 212 valence electrons. The van der Waals surface area contributed by atoms with Crippen molar-refractivity contribution >= 4 is 29.6 Å². The number of esters is 1. The fraction of sp³-hybridized carbons (Fsp3) is 0.290. The van der Waals surface area contributed by atoms with Crippen molar-refractivity contribution in [2.45, 2.75) is 31.4 Å². The molecule has 1 aliphatic carbocycles. The number of likely N-dealkylation sites (tertiary alicyclic amines) is 1. The molecule has 5 rings (SSSR count). The largest absolute Gasteiger partial charge is 0.459 e. The summed E-state index contributed by atoms with van der Waals surface area (Å²) in [5, 5.41) is 5.20. The molecule has 3 aromatic carbocycles. The Kier molecular flexibility index (Phi) is 8.30. The Bertz CT molecular complexity index is 1410. The second-order valence-corrected chi connectivity index (χ2v) is 10.2. The van der Waals surface area contributed by atoms with E-state index in [9.17, 15) is 19.2 Å². The van der Waals surface area contributed by atoms with Crippen molar-refractivity contribution in [3.8, 4) is 11.1 Å². The number of nitrogens with one attached hydrogen (secondary N) is 2. The average molecular weight is 557 g/mol. The number of aryl methyl sites for hydroxylation is 1. The molecule has 3 aromatic rings. The number of rotatable bonds is 8. The third kappa shape index (κ3) is 6.22. The lowest BCUT2D eigenvalue weighted by Gasteiger charge is -2.24. The Morgan fingerprint density at radius 3 is 2.20 bits per heavy atom. The van der Waals surface area contributed by atoms with Crippen LogP contribution in [0.1, 0.15) is 29.0 Å². The average Bonchev–Trinajstić information content (AvgIpc) is 3.55. The van der Waals surface area contributed by atoms with Gasteiger partial charge in [0.2, 0.25) is 11.8 Å². The van der Waals surface area contributed by atoms with Crippen LogP contribution in [0.5, 0.6) is 0 Å². The molecule has 1 heterocycles. The van der Waals surface area contributed by atoms with E-state index >= 15 is 0 Å². The molecule has 4 N–H and O–H groups in total. The maximum atomic E-state index is 13.4. The van der Waals surface area contributed by atoms with Crippen LogP contribution < -0.4 is 16.4 Å². The summed E-state index contributed by atoms with van der Waals surface area (Å²) in [7, 11) is 0.